The average Bonchev–Trinajstić information content (AvgIpc) is 3.10. The molecule has 0 aromatic heterocycles. The molecule has 33 heavy (non-hydrogen) atoms. The van der Waals surface area contributed by atoms with Crippen LogP contribution < -0.4 is 10.6 Å². The van der Waals surface area contributed by atoms with Gasteiger partial charge in [-0.15, -0.1) is 0 Å². The van der Waals surface area contributed by atoms with Gasteiger partial charge in [-0.2, -0.15) is 0 Å². The van der Waals surface area contributed by atoms with Crippen molar-refractivity contribution in [1.29, 1.82) is 0 Å². The largest absolute Gasteiger partial charge is 0.481 e. The van der Waals surface area contributed by atoms with Gasteiger partial charge in [-0.3, -0.25) is 9.59 Å². The summed E-state index contributed by atoms with van der Waals surface area (Å²) in [6.07, 6.45) is 2.73. The van der Waals surface area contributed by atoms with Gasteiger partial charge >= 0.3 is 7.12 Å². The van der Waals surface area contributed by atoms with Gasteiger partial charge in [-0.25, -0.2) is 8.78 Å². The molecule has 2 N–H and O–H groups in total. The lowest BCUT2D eigenvalue weighted by atomic mass is 9.43. The smallest absolute Gasteiger partial charge is 0.404 e. The molecule has 1 heterocycles. The quantitative estimate of drug-likeness (QED) is 0.609. The molecule has 5 rings (SSSR count). The van der Waals surface area contributed by atoms with Gasteiger partial charge < -0.3 is 19.9 Å². The van der Waals surface area contributed by atoms with Crippen LogP contribution in [-0.4, -0.2) is 43.1 Å². The van der Waals surface area contributed by atoms with Gasteiger partial charge in [0.1, 0.15) is 0 Å². The fourth-order valence-electron chi connectivity index (χ4n) is 6.01. The van der Waals surface area contributed by atoms with Crippen molar-refractivity contribution in [2.45, 2.75) is 71.5 Å². The van der Waals surface area contributed by atoms with Crippen molar-refractivity contribution < 1.29 is 27.7 Å². The number of halogens is 2. The number of benzene rings is 1. The first-order chi connectivity index (χ1) is 15.4. The Morgan fingerprint density at radius 3 is 2.61 bits per heavy atom. The summed E-state index contributed by atoms with van der Waals surface area (Å²) in [6.45, 7) is 10.5. The minimum atomic E-state index is -1.24. The number of carbonyl (C=O) groups excluding carboxylic acids is 2. The zero-order chi connectivity index (χ0) is 24.1. The molecule has 9 heteroatoms. The summed E-state index contributed by atoms with van der Waals surface area (Å²) in [4.78, 5) is 24.9. The lowest BCUT2D eigenvalue weighted by molar-refractivity contribution is -0.199. The van der Waals surface area contributed by atoms with E-state index in [-0.39, 0.29) is 35.5 Å². The van der Waals surface area contributed by atoms with Crippen molar-refractivity contribution in [3.05, 3.63) is 35.4 Å². The van der Waals surface area contributed by atoms with Gasteiger partial charge in [0.05, 0.1) is 29.8 Å². The van der Waals surface area contributed by atoms with Crippen LogP contribution in [0.2, 0.25) is 0 Å². The van der Waals surface area contributed by atoms with Crippen molar-refractivity contribution in [3.63, 3.8) is 0 Å². The van der Waals surface area contributed by atoms with Gasteiger partial charge in [0, 0.05) is 0 Å². The summed E-state index contributed by atoms with van der Waals surface area (Å²) in [5, 5.41) is 5.29. The number of carbonyl (C=O) groups is 2. The van der Waals surface area contributed by atoms with Crippen LogP contribution in [0.3, 0.4) is 0 Å². The molecule has 1 aromatic rings. The Bertz CT molecular complexity index is 943. The third-order valence-electron chi connectivity index (χ3n) is 7.97. The van der Waals surface area contributed by atoms with E-state index in [0.29, 0.717) is 18.3 Å². The molecule has 1 aliphatic heterocycles. The summed E-state index contributed by atoms with van der Waals surface area (Å²) < 4.78 is 40.1. The Balaban J connectivity index is 1.39. The van der Waals surface area contributed by atoms with E-state index in [9.17, 15) is 18.4 Å². The normalized spacial score (nSPS) is 30.4. The van der Waals surface area contributed by atoms with Crippen molar-refractivity contribution in [2.75, 3.05) is 6.54 Å². The average molecular weight is 462 g/mol. The zero-order valence-electron chi connectivity index (χ0n) is 19.9. The van der Waals surface area contributed by atoms with Gasteiger partial charge in [0.15, 0.2) is 11.6 Å². The summed E-state index contributed by atoms with van der Waals surface area (Å²) in [7, 11) is -0.571. The summed E-state index contributed by atoms with van der Waals surface area (Å²) in [5.41, 5.74) is -0.606. The number of hydrogen-bond donors (Lipinski definition) is 2. The van der Waals surface area contributed by atoms with Gasteiger partial charge in [-0.05, 0) is 61.5 Å². The maximum Gasteiger partial charge on any atom is 0.481 e. The van der Waals surface area contributed by atoms with Crippen LogP contribution in [-0.2, 0) is 14.1 Å². The molecule has 180 valence electrons. The van der Waals surface area contributed by atoms with Crippen LogP contribution in [0.5, 0.6) is 0 Å². The molecule has 5 atom stereocenters. The second-order valence-corrected chi connectivity index (χ2v) is 10.9. The van der Waals surface area contributed by atoms with Crippen LogP contribution in [0, 0.1) is 34.8 Å². The number of rotatable bonds is 7. The Hall–Kier alpha value is -2.00. The molecule has 2 bridgehead atoms. The first-order valence-electron chi connectivity index (χ1n) is 11.8. The molecular formula is C24H33BF2N2O4. The maximum absolute atomic E-state index is 13.8. The Kier molecular flexibility index (Phi) is 6.33. The molecule has 6 nitrogen and oxygen atoms in total. The van der Waals surface area contributed by atoms with E-state index in [2.05, 4.69) is 45.3 Å². The van der Waals surface area contributed by atoms with Gasteiger partial charge in [0.25, 0.3) is 5.91 Å². The summed E-state index contributed by atoms with van der Waals surface area (Å²) in [5.74, 6) is -2.72. The van der Waals surface area contributed by atoms with Crippen LogP contribution >= 0.6 is 0 Å². The highest BCUT2D eigenvalue weighted by Gasteiger charge is 2.68. The highest BCUT2D eigenvalue weighted by molar-refractivity contribution is 6.47. The van der Waals surface area contributed by atoms with Crippen LogP contribution in [0.15, 0.2) is 18.2 Å². The SMILES string of the molecule is CC(C)C[C@H](NC(=O)CNC(=O)c1cccc(F)c1F)B1O[C@@H]2C[C@H]3C[C@H](C3(C)C)[C@]2(C)O1. The van der Waals surface area contributed by atoms with E-state index in [1.54, 1.807) is 0 Å². The van der Waals surface area contributed by atoms with Crippen molar-refractivity contribution in [2.24, 2.45) is 23.2 Å². The van der Waals surface area contributed by atoms with Crippen LogP contribution in [0.1, 0.15) is 64.2 Å². The third kappa shape index (κ3) is 4.30. The van der Waals surface area contributed by atoms with Crippen molar-refractivity contribution >= 4 is 18.9 Å². The van der Waals surface area contributed by atoms with E-state index >= 15 is 0 Å². The number of hydrogen-bond acceptors (Lipinski definition) is 4. The van der Waals surface area contributed by atoms with Crippen LogP contribution in [0.4, 0.5) is 8.78 Å². The summed E-state index contributed by atoms with van der Waals surface area (Å²) in [6, 6.07) is 3.34. The Labute approximate surface area is 194 Å². The first kappa shape index (κ1) is 24.1. The Morgan fingerprint density at radius 2 is 1.94 bits per heavy atom. The minimum absolute atomic E-state index is 0.00138. The molecule has 4 aliphatic rings. The third-order valence-corrected chi connectivity index (χ3v) is 7.97. The van der Waals surface area contributed by atoms with E-state index in [1.807, 2.05) is 0 Å². The summed E-state index contributed by atoms with van der Waals surface area (Å²) >= 11 is 0. The van der Waals surface area contributed by atoms with Crippen molar-refractivity contribution in [1.82, 2.24) is 10.6 Å². The predicted molar refractivity (Wildman–Crippen MR) is 120 cm³/mol. The molecule has 0 radical (unpaired) electrons. The van der Waals surface area contributed by atoms with Crippen LogP contribution in [0.25, 0.3) is 0 Å². The zero-order valence-corrected chi connectivity index (χ0v) is 19.9. The van der Waals surface area contributed by atoms with E-state index in [1.165, 1.54) is 12.1 Å². The minimum Gasteiger partial charge on any atom is -0.404 e. The monoisotopic (exact) mass is 462 g/mol. The first-order valence-corrected chi connectivity index (χ1v) is 11.8. The van der Waals surface area contributed by atoms with E-state index < -0.39 is 36.1 Å². The Morgan fingerprint density at radius 1 is 1.21 bits per heavy atom. The molecule has 1 aromatic carbocycles. The number of nitrogens with one attached hydrogen (secondary N) is 2. The fourth-order valence-corrected chi connectivity index (χ4v) is 6.01. The van der Waals surface area contributed by atoms with E-state index in [4.69, 9.17) is 9.31 Å². The highest BCUT2D eigenvalue weighted by Crippen LogP contribution is 2.65. The molecule has 0 spiro atoms. The second kappa shape index (κ2) is 8.66. The van der Waals surface area contributed by atoms with Gasteiger partial charge in [0.2, 0.25) is 5.91 Å². The molecular weight excluding hydrogens is 429 g/mol. The van der Waals surface area contributed by atoms with Gasteiger partial charge in [-0.1, -0.05) is 33.8 Å². The molecule has 2 amide bonds. The highest BCUT2D eigenvalue weighted by atomic mass is 19.2. The lowest BCUT2D eigenvalue weighted by Crippen LogP contribution is -2.65. The standard InChI is InChI=1S/C24H33BF2N2O4/c1-13(2)9-19(25-32-18-11-14-10-17(23(14,3)4)24(18,5)33-25)29-20(30)12-28-22(31)15-7-6-8-16(26)21(15)27/h6-8,13-14,17-19H,9-12H2,1-5H3,(H,28,31)(H,29,30)/t14-,17-,18-,19+,24+/m1/s1. The molecule has 3 aliphatic carbocycles. The molecule has 0 unspecified atom stereocenters. The topological polar surface area (TPSA) is 76.7 Å². The molecule has 1 saturated heterocycles. The predicted octanol–water partition coefficient (Wildman–Crippen LogP) is 3.49. The number of amides is 2. The fraction of sp³-hybridized carbons (Fsp3) is 0.667. The van der Waals surface area contributed by atoms with E-state index in [0.717, 1.165) is 18.9 Å². The molecule has 3 saturated carbocycles. The maximum atomic E-state index is 13.8. The lowest BCUT2D eigenvalue weighted by Gasteiger charge is -2.64. The van der Waals surface area contributed by atoms with Crippen molar-refractivity contribution in [3.8, 4) is 0 Å². The molecule has 4 fully saturated rings. The second-order valence-electron chi connectivity index (χ2n) is 10.9.